The Hall–Kier alpha value is -1.81. The van der Waals surface area contributed by atoms with Crippen molar-refractivity contribution in [3.8, 4) is 5.75 Å². The van der Waals surface area contributed by atoms with Crippen LogP contribution in [0.15, 0.2) is 40.9 Å². The summed E-state index contributed by atoms with van der Waals surface area (Å²) in [5, 5.41) is 2.90. The summed E-state index contributed by atoms with van der Waals surface area (Å²) in [6, 6.07) is 11.7. The van der Waals surface area contributed by atoms with Gasteiger partial charge in [0.25, 0.3) is 5.91 Å². The number of ether oxygens (including phenoxy) is 1. The van der Waals surface area contributed by atoms with Gasteiger partial charge in [0.05, 0.1) is 4.47 Å². The van der Waals surface area contributed by atoms with Gasteiger partial charge >= 0.3 is 0 Å². The van der Waals surface area contributed by atoms with Crippen molar-refractivity contribution in [1.82, 2.24) is 0 Å². The fraction of sp³-hybridized carbons (Fsp3) is 0.235. The molecule has 0 unspecified atom stereocenters. The molecule has 21 heavy (non-hydrogen) atoms. The summed E-state index contributed by atoms with van der Waals surface area (Å²) in [5.41, 5.74) is 4.07. The van der Waals surface area contributed by atoms with Gasteiger partial charge in [0, 0.05) is 5.69 Å². The summed E-state index contributed by atoms with van der Waals surface area (Å²) in [6.45, 7) is 5.93. The lowest BCUT2D eigenvalue weighted by molar-refractivity contribution is -0.118. The van der Waals surface area contributed by atoms with Crippen LogP contribution in [0.4, 0.5) is 5.69 Å². The number of aryl methyl sites for hydroxylation is 3. The maximum absolute atomic E-state index is 12.0. The van der Waals surface area contributed by atoms with Crippen LogP contribution in [0.3, 0.4) is 0 Å². The first kappa shape index (κ1) is 15.6. The molecule has 0 atom stereocenters. The van der Waals surface area contributed by atoms with Gasteiger partial charge in [0.2, 0.25) is 0 Å². The second kappa shape index (κ2) is 6.76. The maximum Gasteiger partial charge on any atom is 0.262 e. The van der Waals surface area contributed by atoms with E-state index in [4.69, 9.17) is 4.74 Å². The molecule has 0 fully saturated rings. The summed E-state index contributed by atoms with van der Waals surface area (Å²) in [5.74, 6) is 0.497. The van der Waals surface area contributed by atoms with Crippen LogP contribution in [0, 0.1) is 20.8 Å². The molecule has 110 valence electrons. The van der Waals surface area contributed by atoms with Crippen molar-refractivity contribution in [2.24, 2.45) is 0 Å². The van der Waals surface area contributed by atoms with Crippen LogP contribution < -0.4 is 10.1 Å². The predicted octanol–water partition coefficient (Wildman–Crippen LogP) is 4.39. The Morgan fingerprint density at radius 2 is 1.81 bits per heavy atom. The number of rotatable bonds is 4. The molecule has 0 bridgehead atoms. The lowest BCUT2D eigenvalue weighted by Crippen LogP contribution is -2.21. The first-order valence-corrected chi connectivity index (χ1v) is 7.51. The van der Waals surface area contributed by atoms with E-state index in [2.05, 4.69) is 21.2 Å². The van der Waals surface area contributed by atoms with E-state index in [0.717, 1.165) is 26.9 Å². The Labute approximate surface area is 133 Å². The summed E-state index contributed by atoms with van der Waals surface area (Å²) in [4.78, 5) is 12.0. The van der Waals surface area contributed by atoms with Crippen LogP contribution in [0.5, 0.6) is 5.75 Å². The molecule has 0 aromatic heterocycles. The van der Waals surface area contributed by atoms with Crippen LogP contribution >= 0.6 is 15.9 Å². The molecule has 3 nitrogen and oxygen atoms in total. The molecule has 0 aliphatic heterocycles. The largest absolute Gasteiger partial charge is 0.483 e. The number of anilines is 1. The topological polar surface area (TPSA) is 38.3 Å². The molecule has 2 rings (SSSR count). The Morgan fingerprint density at radius 3 is 2.43 bits per heavy atom. The van der Waals surface area contributed by atoms with Crippen LogP contribution in [0.1, 0.15) is 16.7 Å². The molecule has 2 aromatic rings. The summed E-state index contributed by atoms with van der Waals surface area (Å²) < 4.78 is 6.40. The summed E-state index contributed by atoms with van der Waals surface area (Å²) in [7, 11) is 0. The Morgan fingerprint density at radius 1 is 1.14 bits per heavy atom. The Balaban J connectivity index is 1.99. The van der Waals surface area contributed by atoms with Crippen molar-refractivity contribution < 1.29 is 9.53 Å². The highest BCUT2D eigenvalue weighted by atomic mass is 79.9. The van der Waals surface area contributed by atoms with E-state index in [1.165, 1.54) is 0 Å². The van der Waals surface area contributed by atoms with Crippen molar-refractivity contribution in [2.75, 3.05) is 11.9 Å². The molecule has 0 heterocycles. The molecule has 0 radical (unpaired) electrons. The number of carbonyl (C=O) groups is 1. The molecule has 0 saturated heterocycles. The van der Waals surface area contributed by atoms with Gasteiger partial charge in [-0.2, -0.15) is 0 Å². The quantitative estimate of drug-likeness (QED) is 0.890. The number of para-hydroxylation sites is 1. The van der Waals surface area contributed by atoms with Gasteiger partial charge in [-0.05, 0) is 65.5 Å². The number of amides is 1. The van der Waals surface area contributed by atoms with Gasteiger partial charge in [0.1, 0.15) is 5.75 Å². The van der Waals surface area contributed by atoms with E-state index >= 15 is 0 Å². The molecule has 1 amide bonds. The van der Waals surface area contributed by atoms with Crippen molar-refractivity contribution in [1.29, 1.82) is 0 Å². The zero-order valence-electron chi connectivity index (χ0n) is 12.4. The minimum Gasteiger partial charge on any atom is -0.483 e. The number of benzene rings is 2. The first-order chi connectivity index (χ1) is 9.97. The smallest absolute Gasteiger partial charge is 0.262 e. The predicted molar refractivity (Wildman–Crippen MR) is 88.9 cm³/mol. The van der Waals surface area contributed by atoms with E-state index < -0.39 is 0 Å². The van der Waals surface area contributed by atoms with Gasteiger partial charge in [-0.1, -0.05) is 24.3 Å². The van der Waals surface area contributed by atoms with Crippen molar-refractivity contribution in [3.63, 3.8) is 0 Å². The highest BCUT2D eigenvalue weighted by Gasteiger charge is 2.09. The maximum atomic E-state index is 12.0. The highest BCUT2D eigenvalue weighted by Crippen LogP contribution is 2.26. The Bertz CT molecular complexity index is 648. The lowest BCUT2D eigenvalue weighted by Gasteiger charge is -2.12. The van der Waals surface area contributed by atoms with Crippen molar-refractivity contribution >= 4 is 27.5 Å². The average molecular weight is 348 g/mol. The van der Waals surface area contributed by atoms with Crippen LogP contribution in [0.2, 0.25) is 0 Å². The first-order valence-electron chi connectivity index (χ1n) is 6.72. The molecule has 0 saturated carbocycles. The third kappa shape index (κ3) is 4.08. The second-order valence-corrected chi connectivity index (χ2v) is 5.89. The number of hydrogen-bond acceptors (Lipinski definition) is 2. The lowest BCUT2D eigenvalue weighted by atomic mass is 10.1. The van der Waals surface area contributed by atoms with E-state index in [1.54, 1.807) is 0 Å². The van der Waals surface area contributed by atoms with Gasteiger partial charge in [-0.15, -0.1) is 0 Å². The zero-order valence-corrected chi connectivity index (χ0v) is 14.0. The van der Waals surface area contributed by atoms with Crippen LogP contribution in [-0.4, -0.2) is 12.5 Å². The average Bonchev–Trinajstić information content (AvgIpc) is 2.42. The third-order valence-electron chi connectivity index (χ3n) is 3.19. The van der Waals surface area contributed by atoms with Crippen molar-refractivity contribution in [3.05, 3.63) is 57.6 Å². The number of nitrogens with one attached hydrogen (secondary N) is 1. The molecule has 0 aliphatic rings. The monoisotopic (exact) mass is 347 g/mol. The van der Waals surface area contributed by atoms with Gasteiger partial charge < -0.3 is 10.1 Å². The van der Waals surface area contributed by atoms with Gasteiger partial charge in [-0.25, -0.2) is 0 Å². The van der Waals surface area contributed by atoms with Gasteiger partial charge in [-0.3, -0.25) is 4.79 Å². The molecular formula is C17H18BrNO2. The van der Waals surface area contributed by atoms with E-state index in [0.29, 0.717) is 5.75 Å². The van der Waals surface area contributed by atoms with E-state index in [1.807, 2.05) is 57.2 Å². The normalized spacial score (nSPS) is 10.3. The molecule has 1 N–H and O–H groups in total. The van der Waals surface area contributed by atoms with Gasteiger partial charge in [0.15, 0.2) is 6.61 Å². The molecule has 2 aromatic carbocycles. The van der Waals surface area contributed by atoms with E-state index in [-0.39, 0.29) is 12.5 Å². The fourth-order valence-electron chi connectivity index (χ4n) is 2.05. The minimum atomic E-state index is -0.167. The Kier molecular flexibility index (Phi) is 5.02. The third-order valence-corrected chi connectivity index (χ3v) is 3.81. The SMILES string of the molecule is Cc1ccc(OCC(=O)Nc2c(C)cccc2C)c(Br)c1. The molecule has 0 spiro atoms. The minimum absolute atomic E-state index is 0.0184. The summed E-state index contributed by atoms with van der Waals surface area (Å²) in [6.07, 6.45) is 0. The standard InChI is InChI=1S/C17H18BrNO2/c1-11-7-8-15(14(18)9-11)21-10-16(20)19-17-12(2)5-4-6-13(17)3/h4-9H,10H2,1-3H3,(H,19,20). The van der Waals surface area contributed by atoms with Crippen molar-refractivity contribution in [2.45, 2.75) is 20.8 Å². The van der Waals surface area contributed by atoms with E-state index in [9.17, 15) is 4.79 Å². The number of hydrogen-bond donors (Lipinski definition) is 1. The number of carbonyl (C=O) groups excluding carboxylic acids is 1. The molecule has 4 heteroatoms. The highest BCUT2D eigenvalue weighted by molar-refractivity contribution is 9.10. The molecule has 0 aliphatic carbocycles. The molecular weight excluding hydrogens is 330 g/mol. The number of halogens is 1. The second-order valence-electron chi connectivity index (χ2n) is 5.04. The summed E-state index contributed by atoms with van der Waals surface area (Å²) >= 11 is 3.43. The zero-order chi connectivity index (χ0) is 15.4. The van der Waals surface area contributed by atoms with Crippen LogP contribution in [-0.2, 0) is 4.79 Å². The van der Waals surface area contributed by atoms with Crippen LogP contribution in [0.25, 0.3) is 0 Å². The fourth-order valence-corrected chi connectivity index (χ4v) is 2.66.